The van der Waals surface area contributed by atoms with Crippen molar-refractivity contribution in [2.75, 3.05) is 26.2 Å². The minimum Gasteiger partial charge on any atom is -0.508 e. The fourth-order valence-electron chi connectivity index (χ4n) is 4.33. The molecule has 5 rings (SSSR count). The molecule has 1 saturated heterocycles. The van der Waals surface area contributed by atoms with Crippen LogP contribution in [0.4, 0.5) is 0 Å². The molecule has 0 radical (unpaired) electrons. The summed E-state index contributed by atoms with van der Waals surface area (Å²) < 4.78 is 0. The van der Waals surface area contributed by atoms with Gasteiger partial charge in [-0.05, 0) is 29.8 Å². The Bertz CT molecular complexity index is 1090. The largest absolute Gasteiger partial charge is 0.508 e. The Morgan fingerprint density at radius 3 is 2.79 bits per heavy atom. The molecule has 2 heterocycles. The number of allylic oxidation sites excluding steroid dienone is 1. The van der Waals surface area contributed by atoms with E-state index >= 15 is 0 Å². The highest BCUT2D eigenvalue weighted by atomic mass is 16.3. The molecule has 1 aliphatic carbocycles. The maximum atomic E-state index is 13.0. The number of nitrogens with zero attached hydrogens (tertiary/aromatic N) is 1. The number of phenolic OH excluding ortho intramolecular Hbond substituents is 1. The molecule has 0 amide bonds. The molecule has 3 aromatic rings. The lowest BCUT2D eigenvalue weighted by atomic mass is 10.0. The predicted molar refractivity (Wildman–Crippen MR) is 111 cm³/mol. The minimum absolute atomic E-state index is 0.0711. The number of carbonyl (C=O) groups is 1. The second kappa shape index (κ2) is 6.93. The lowest BCUT2D eigenvalue weighted by Crippen LogP contribution is -2.43. The van der Waals surface area contributed by atoms with E-state index < -0.39 is 0 Å². The monoisotopic (exact) mass is 373 g/mol. The smallest absolute Gasteiger partial charge is 0.189 e. The zero-order valence-electron chi connectivity index (χ0n) is 15.7. The summed E-state index contributed by atoms with van der Waals surface area (Å²) in [5, 5.41) is 15.0. The van der Waals surface area contributed by atoms with E-state index in [4.69, 9.17) is 0 Å². The summed E-state index contributed by atoms with van der Waals surface area (Å²) in [6.07, 6.45) is 4.52. The van der Waals surface area contributed by atoms with Gasteiger partial charge in [0.05, 0.1) is 0 Å². The number of hydrogen-bond acceptors (Lipinski definition) is 4. The van der Waals surface area contributed by atoms with E-state index in [2.05, 4.69) is 21.3 Å². The van der Waals surface area contributed by atoms with Crippen LogP contribution < -0.4 is 5.32 Å². The third kappa shape index (κ3) is 2.93. The summed E-state index contributed by atoms with van der Waals surface area (Å²) >= 11 is 0. The molecule has 1 aliphatic heterocycles. The predicted octanol–water partition coefficient (Wildman–Crippen LogP) is 3.10. The number of benzene rings is 2. The number of aromatic amines is 1. The van der Waals surface area contributed by atoms with Crippen LogP contribution in [0.5, 0.6) is 5.75 Å². The Kier molecular flexibility index (Phi) is 4.26. The number of H-pyrrole nitrogens is 1. The van der Waals surface area contributed by atoms with Gasteiger partial charge in [-0.2, -0.15) is 0 Å². The van der Waals surface area contributed by atoms with Crippen molar-refractivity contribution >= 4 is 22.8 Å². The van der Waals surface area contributed by atoms with Crippen molar-refractivity contribution in [3.8, 4) is 5.75 Å². The number of aromatic hydroxyl groups is 1. The number of nitrogens with one attached hydrogen (secondary N) is 2. The molecule has 0 bridgehead atoms. The lowest BCUT2D eigenvalue weighted by Gasteiger charge is -2.28. The molecule has 2 aromatic carbocycles. The van der Waals surface area contributed by atoms with Gasteiger partial charge in [0.1, 0.15) is 5.75 Å². The number of piperazine rings is 1. The molecule has 28 heavy (non-hydrogen) atoms. The van der Waals surface area contributed by atoms with Gasteiger partial charge < -0.3 is 15.4 Å². The highest BCUT2D eigenvalue weighted by Gasteiger charge is 2.29. The van der Waals surface area contributed by atoms with Crippen molar-refractivity contribution in [3.05, 3.63) is 70.4 Å². The van der Waals surface area contributed by atoms with Crippen LogP contribution in [0, 0.1) is 0 Å². The van der Waals surface area contributed by atoms with Gasteiger partial charge in [0.25, 0.3) is 0 Å². The van der Waals surface area contributed by atoms with E-state index in [-0.39, 0.29) is 5.78 Å². The Morgan fingerprint density at radius 1 is 1.11 bits per heavy atom. The van der Waals surface area contributed by atoms with Crippen LogP contribution in [-0.2, 0) is 13.0 Å². The van der Waals surface area contributed by atoms with Gasteiger partial charge in [0, 0.05) is 78.5 Å². The zero-order valence-corrected chi connectivity index (χ0v) is 15.7. The fraction of sp³-hybridized carbons (Fsp3) is 0.261. The number of aromatic nitrogens is 1. The molecule has 3 N–H and O–H groups in total. The molecule has 1 fully saturated rings. The van der Waals surface area contributed by atoms with Gasteiger partial charge in [-0.1, -0.05) is 18.2 Å². The highest BCUT2D eigenvalue weighted by molar-refractivity contribution is 6.16. The van der Waals surface area contributed by atoms with E-state index in [0.717, 1.165) is 64.9 Å². The first kappa shape index (κ1) is 17.2. The Labute approximate surface area is 163 Å². The average Bonchev–Trinajstić information content (AvgIpc) is 3.27. The van der Waals surface area contributed by atoms with Crippen molar-refractivity contribution in [3.63, 3.8) is 0 Å². The van der Waals surface area contributed by atoms with Gasteiger partial charge >= 0.3 is 0 Å². The first-order valence-corrected chi connectivity index (χ1v) is 9.79. The van der Waals surface area contributed by atoms with E-state index in [1.807, 2.05) is 30.5 Å². The van der Waals surface area contributed by atoms with Crippen LogP contribution in [0.25, 0.3) is 17.0 Å². The molecule has 5 heteroatoms. The molecule has 5 nitrogen and oxygen atoms in total. The van der Waals surface area contributed by atoms with Crippen LogP contribution in [0.15, 0.2) is 48.2 Å². The summed E-state index contributed by atoms with van der Waals surface area (Å²) in [5.74, 6) is 0.361. The van der Waals surface area contributed by atoms with Crippen LogP contribution in [0.2, 0.25) is 0 Å². The molecule has 1 aromatic heterocycles. The highest BCUT2D eigenvalue weighted by Crippen LogP contribution is 2.36. The first-order chi connectivity index (χ1) is 13.7. The summed E-state index contributed by atoms with van der Waals surface area (Å²) in [4.78, 5) is 18.6. The van der Waals surface area contributed by atoms with Crippen molar-refractivity contribution in [1.29, 1.82) is 0 Å². The molecule has 0 atom stereocenters. The van der Waals surface area contributed by atoms with Gasteiger partial charge in [0.15, 0.2) is 5.78 Å². The van der Waals surface area contributed by atoms with Gasteiger partial charge in [-0.25, -0.2) is 0 Å². The molecule has 0 spiro atoms. The standard InChI is InChI=1S/C23H23N3O2/c27-22-6-5-18-19(20(22)14-26-9-7-24-8-10-26)12-15(23(18)28)11-16-13-25-21-4-2-1-3-17(16)21/h1-6,11,13,24-25,27H,7-10,12,14H2. The van der Waals surface area contributed by atoms with Crippen molar-refractivity contribution in [2.24, 2.45) is 0 Å². The first-order valence-electron chi connectivity index (χ1n) is 9.79. The summed E-state index contributed by atoms with van der Waals surface area (Å²) in [5.41, 5.74) is 5.49. The van der Waals surface area contributed by atoms with Crippen LogP contribution in [0.1, 0.15) is 27.0 Å². The van der Waals surface area contributed by atoms with Gasteiger partial charge in [-0.3, -0.25) is 9.69 Å². The number of hydrogen-bond donors (Lipinski definition) is 3. The van der Waals surface area contributed by atoms with Crippen molar-refractivity contribution in [1.82, 2.24) is 15.2 Å². The van der Waals surface area contributed by atoms with E-state index in [9.17, 15) is 9.90 Å². The molecule has 0 saturated carbocycles. The fourth-order valence-corrected chi connectivity index (χ4v) is 4.33. The number of para-hydroxylation sites is 1. The SMILES string of the molecule is O=C1C(=Cc2c[nH]c3ccccc23)Cc2c1ccc(O)c2CN1CCNCC1. The van der Waals surface area contributed by atoms with E-state index in [0.29, 0.717) is 18.7 Å². The number of rotatable bonds is 3. The summed E-state index contributed by atoms with van der Waals surface area (Å²) in [6, 6.07) is 11.5. The maximum Gasteiger partial charge on any atom is 0.189 e. The second-order valence-electron chi connectivity index (χ2n) is 7.58. The average molecular weight is 373 g/mol. The minimum atomic E-state index is 0.0711. The quantitative estimate of drug-likeness (QED) is 0.617. The Hall–Kier alpha value is -2.89. The zero-order chi connectivity index (χ0) is 19.1. The van der Waals surface area contributed by atoms with E-state index in [1.54, 1.807) is 12.1 Å². The molecule has 2 aliphatic rings. The number of Topliss-reactive ketones (excluding diaryl/α,β-unsaturated/α-hetero) is 1. The number of fused-ring (bicyclic) bond motifs is 2. The van der Waals surface area contributed by atoms with Crippen LogP contribution >= 0.6 is 0 Å². The number of carbonyl (C=O) groups excluding carboxylic acids is 1. The molecule has 142 valence electrons. The topological polar surface area (TPSA) is 68.4 Å². The molecule has 0 unspecified atom stereocenters. The normalized spacial score (nSPS) is 18.9. The summed E-state index contributed by atoms with van der Waals surface area (Å²) in [7, 11) is 0. The second-order valence-corrected chi connectivity index (χ2v) is 7.58. The van der Waals surface area contributed by atoms with Gasteiger partial charge in [-0.15, -0.1) is 0 Å². The number of phenols is 1. The molecular weight excluding hydrogens is 350 g/mol. The summed E-state index contributed by atoms with van der Waals surface area (Å²) in [6.45, 7) is 4.51. The van der Waals surface area contributed by atoms with Gasteiger partial charge in [0.2, 0.25) is 0 Å². The lowest BCUT2D eigenvalue weighted by molar-refractivity contribution is 0.104. The number of ketones is 1. The third-order valence-electron chi connectivity index (χ3n) is 5.85. The van der Waals surface area contributed by atoms with Crippen LogP contribution in [-0.4, -0.2) is 47.0 Å². The van der Waals surface area contributed by atoms with Crippen LogP contribution in [0.3, 0.4) is 0 Å². The molecular formula is C23H23N3O2. The maximum absolute atomic E-state index is 13.0. The Morgan fingerprint density at radius 2 is 1.93 bits per heavy atom. The third-order valence-corrected chi connectivity index (χ3v) is 5.85. The Balaban J connectivity index is 1.50. The van der Waals surface area contributed by atoms with Crippen molar-refractivity contribution < 1.29 is 9.90 Å². The van der Waals surface area contributed by atoms with Crippen molar-refractivity contribution in [2.45, 2.75) is 13.0 Å². The van der Waals surface area contributed by atoms with E-state index in [1.165, 1.54) is 0 Å².